The molecule has 0 amide bonds. The normalized spacial score (nSPS) is 10.6. The molecule has 0 aliphatic rings. The van der Waals surface area contributed by atoms with Crippen LogP contribution in [0.15, 0.2) is 30.3 Å². The summed E-state index contributed by atoms with van der Waals surface area (Å²) >= 11 is 0. The van der Waals surface area contributed by atoms with E-state index in [-0.39, 0.29) is 5.82 Å². The van der Waals surface area contributed by atoms with Gasteiger partial charge in [0.1, 0.15) is 5.82 Å². The van der Waals surface area contributed by atoms with Crippen LogP contribution in [0, 0.1) is 12.7 Å². The van der Waals surface area contributed by atoms with Crippen molar-refractivity contribution in [1.82, 2.24) is 0 Å². The summed E-state index contributed by atoms with van der Waals surface area (Å²) < 4.78 is 13.1. The van der Waals surface area contributed by atoms with Gasteiger partial charge in [0.15, 0.2) is 0 Å². The summed E-state index contributed by atoms with van der Waals surface area (Å²) in [5.41, 5.74) is 7.08. The van der Waals surface area contributed by atoms with E-state index >= 15 is 0 Å². The lowest BCUT2D eigenvalue weighted by Gasteiger charge is -2.03. The predicted molar refractivity (Wildman–Crippen MR) is 53.1 cm³/mol. The molecular weight excluding hydrogens is 165 g/mol. The number of rotatable bonds is 0. The number of aryl methyl sites for hydroxylation is 1. The van der Waals surface area contributed by atoms with E-state index in [0.717, 1.165) is 10.8 Å². The number of nitrogen functional groups attached to an aromatic ring is 1. The van der Waals surface area contributed by atoms with Gasteiger partial charge in [0.2, 0.25) is 0 Å². The lowest BCUT2D eigenvalue weighted by Crippen LogP contribution is -1.89. The van der Waals surface area contributed by atoms with Gasteiger partial charge < -0.3 is 5.73 Å². The SMILES string of the molecule is Cc1cc2c(N)cccc2cc1F. The summed E-state index contributed by atoms with van der Waals surface area (Å²) in [6, 6.07) is 8.79. The first kappa shape index (κ1) is 8.05. The van der Waals surface area contributed by atoms with Crippen LogP contribution < -0.4 is 5.73 Å². The summed E-state index contributed by atoms with van der Waals surface area (Å²) in [4.78, 5) is 0. The Kier molecular flexibility index (Phi) is 1.69. The smallest absolute Gasteiger partial charge is 0.126 e. The molecule has 1 nitrogen and oxygen atoms in total. The molecule has 2 rings (SSSR count). The van der Waals surface area contributed by atoms with Gasteiger partial charge in [-0.1, -0.05) is 12.1 Å². The zero-order valence-electron chi connectivity index (χ0n) is 7.34. The molecule has 0 fully saturated rings. The van der Waals surface area contributed by atoms with Crippen molar-refractivity contribution in [1.29, 1.82) is 0 Å². The maximum Gasteiger partial charge on any atom is 0.126 e. The lowest BCUT2D eigenvalue weighted by molar-refractivity contribution is 0.620. The lowest BCUT2D eigenvalue weighted by atomic mass is 10.1. The van der Waals surface area contributed by atoms with E-state index in [1.54, 1.807) is 13.0 Å². The van der Waals surface area contributed by atoms with Crippen molar-refractivity contribution in [3.8, 4) is 0 Å². The molecule has 13 heavy (non-hydrogen) atoms. The highest BCUT2D eigenvalue weighted by Crippen LogP contribution is 2.23. The Labute approximate surface area is 76.0 Å². The van der Waals surface area contributed by atoms with E-state index in [9.17, 15) is 4.39 Å². The molecule has 0 aliphatic carbocycles. The number of fused-ring (bicyclic) bond motifs is 1. The Morgan fingerprint density at radius 3 is 2.77 bits per heavy atom. The number of halogens is 1. The van der Waals surface area contributed by atoms with Gasteiger partial charge in [0.25, 0.3) is 0 Å². The number of hydrogen-bond acceptors (Lipinski definition) is 1. The minimum Gasteiger partial charge on any atom is -0.398 e. The van der Waals surface area contributed by atoms with Crippen molar-refractivity contribution in [2.75, 3.05) is 5.73 Å². The first-order valence-electron chi connectivity index (χ1n) is 4.13. The topological polar surface area (TPSA) is 26.0 Å². The predicted octanol–water partition coefficient (Wildman–Crippen LogP) is 2.87. The van der Waals surface area contributed by atoms with Crippen molar-refractivity contribution in [3.05, 3.63) is 41.7 Å². The number of anilines is 1. The highest BCUT2D eigenvalue weighted by Gasteiger charge is 2.01. The second kappa shape index (κ2) is 2.73. The van der Waals surface area contributed by atoms with Crippen LogP contribution in [0.5, 0.6) is 0 Å². The molecule has 2 heteroatoms. The summed E-state index contributed by atoms with van der Waals surface area (Å²) in [7, 11) is 0. The Hall–Kier alpha value is -1.57. The molecule has 2 N–H and O–H groups in total. The third kappa shape index (κ3) is 1.24. The second-order valence-electron chi connectivity index (χ2n) is 3.17. The molecular formula is C11H10FN. The molecule has 2 aromatic carbocycles. The van der Waals surface area contributed by atoms with Crippen molar-refractivity contribution in [3.63, 3.8) is 0 Å². The molecule has 0 saturated heterocycles. The van der Waals surface area contributed by atoms with E-state index in [4.69, 9.17) is 5.73 Å². The second-order valence-corrected chi connectivity index (χ2v) is 3.17. The molecule has 0 unspecified atom stereocenters. The van der Waals surface area contributed by atoms with Gasteiger partial charge >= 0.3 is 0 Å². The van der Waals surface area contributed by atoms with Crippen LogP contribution in [0.2, 0.25) is 0 Å². The quantitative estimate of drug-likeness (QED) is 0.612. The van der Waals surface area contributed by atoms with Gasteiger partial charge in [-0.2, -0.15) is 0 Å². The fourth-order valence-electron chi connectivity index (χ4n) is 1.43. The molecule has 0 aliphatic heterocycles. The zero-order chi connectivity index (χ0) is 9.42. The molecule has 0 spiro atoms. The van der Waals surface area contributed by atoms with Crippen molar-refractivity contribution < 1.29 is 4.39 Å². The van der Waals surface area contributed by atoms with Crippen LogP contribution >= 0.6 is 0 Å². The standard InChI is InChI=1S/C11H10FN/c1-7-5-9-8(6-10(7)12)3-2-4-11(9)13/h2-6H,13H2,1H3. The summed E-state index contributed by atoms with van der Waals surface area (Å²) in [6.07, 6.45) is 0. The molecule has 66 valence electrons. The van der Waals surface area contributed by atoms with Gasteiger partial charge in [-0.05, 0) is 36.1 Å². The zero-order valence-corrected chi connectivity index (χ0v) is 7.34. The maximum absolute atomic E-state index is 13.1. The summed E-state index contributed by atoms with van der Waals surface area (Å²) in [5.74, 6) is -0.182. The Morgan fingerprint density at radius 2 is 2.00 bits per heavy atom. The van der Waals surface area contributed by atoms with E-state index in [0.29, 0.717) is 11.3 Å². The molecule has 0 atom stereocenters. The molecule has 2 aromatic rings. The minimum absolute atomic E-state index is 0.182. The molecule has 0 bridgehead atoms. The molecule has 0 radical (unpaired) electrons. The van der Waals surface area contributed by atoms with Crippen LogP contribution in [-0.2, 0) is 0 Å². The minimum atomic E-state index is -0.182. The Balaban J connectivity index is 2.89. The van der Waals surface area contributed by atoms with Crippen molar-refractivity contribution in [2.45, 2.75) is 6.92 Å². The third-order valence-corrected chi connectivity index (χ3v) is 2.19. The average molecular weight is 175 g/mol. The van der Waals surface area contributed by atoms with E-state index in [1.807, 2.05) is 18.2 Å². The highest BCUT2D eigenvalue weighted by atomic mass is 19.1. The average Bonchev–Trinajstić information content (AvgIpc) is 2.09. The van der Waals surface area contributed by atoms with Crippen LogP contribution in [-0.4, -0.2) is 0 Å². The van der Waals surface area contributed by atoms with Gasteiger partial charge in [0.05, 0.1) is 0 Å². The van der Waals surface area contributed by atoms with Crippen LogP contribution in [0.1, 0.15) is 5.56 Å². The van der Waals surface area contributed by atoms with Crippen LogP contribution in [0.4, 0.5) is 10.1 Å². The fourth-order valence-corrected chi connectivity index (χ4v) is 1.43. The number of hydrogen-bond donors (Lipinski definition) is 1. The van der Waals surface area contributed by atoms with E-state index in [1.165, 1.54) is 6.07 Å². The number of nitrogens with two attached hydrogens (primary N) is 1. The van der Waals surface area contributed by atoms with Gasteiger partial charge in [-0.3, -0.25) is 0 Å². The third-order valence-electron chi connectivity index (χ3n) is 2.19. The first-order chi connectivity index (χ1) is 6.18. The van der Waals surface area contributed by atoms with Gasteiger partial charge in [0, 0.05) is 11.1 Å². The van der Waals surface area contributed by atoms with Crippen LogP contribution in [0.3, 0.4) is 0 Å². The van der Waals surface area contributed by atoms with Crippen molar-refractivity contribution >= 4 is 16.5 Å². The Bertz CT molecular complexity index is 463. The van der Waals surface area contributed by atoms with Crippen molar-refractivity contribution in [2.24, 2.45) is 0 Å². The van der Waals surface area contributed by atoms with Gasteiger partial charge in [-0.25, -0.2) is 4.39 Å². The monoisotopic (exact) mass is 175 g/mol. The van der Waals surface area contributed by atoms with E-state index < -0.39 is 0 Å². The largest absolute Gasteiger partial charge is 0.398 e. The Morgan fingerprint density at radius 1 is 1.23 bits per heavy atom. The first-order valence-corrected chi connectivity index (χ1v) is 4.13. The maximum atomic E-state index is 13.1. The summed E-state index contributed by atoms with van der Waals surface area (Å²) in [5, 5.41) is 1.77. The fraction of sp³-hybridized carbons (Fsp3) is 0.0909. The van der Waals surface area contributed by atoms with Gasteiger partial charge in [-0.15, -0.1) is 0 Å². The molecule has 0 aromatic heterocycles. The van der Waals surface area contributed by atoms with E-state index in [2.05, 4.69) is 0 Å². The molecule has 0 heterocycles. The highest BCUT2D eigenvalue weighted by molar-refractivity contribution is 5.93. The molecule has 0 saturated carbocycles. The van der Waals surface area contributed by atoms with Crippen LogP contribution in [0.25, 0.3) is 10.8 Å². The number of benzene rings is 2. The summed E-state index contributed by atoms with van der Waals surface area (Å²) in [6.45, 7) is 1.74.